The van der Waals surface area contributed by atoms with Crippen molar-refractivity contribution < 1.29 is 19.0 Å². The molecule has 2 aromatic carbocycles. The van der Waals surface area contributed by atoms with Gasteiger partial charge in [0.25, 0.3) is 0 Å². The summed E-state index contributed by atoms with van der Waals surface area (Å²) in [6.45, 7) is 2.85. The van der Waals surface area contributed by atoms with Crippen LogP contribution in [0, 0.1) is 5.92 Å². The standard InChI is InChI=1S/C23H26N4O4/c1-27-8-6-16(7-9-27)13-30-22-12-20-19(11-21(22)29-2)23(25-14-24-20)31-18-5-3-4-17(10-18)26-15-28/h3-5,10-12,14-16H,6-9,13H2,1-2H3,(H,26,28). The third kappa shape index (κ3) is 5.03. The Hall–Kier alpha value is -3.39. The number of piperidine rings is 1. The fraction of sp³-hybridized carbons (Fsp3) is 0.348. The molecule has 0 aliphatic carbocycles. The van der Waals surface area contributed by atoms with Crippen LogP contribution in [-0.4, -0.2) is 55.1 Å². The number of fused-ring (bicyclic) bond motifs is 1. The number of carbonyl (C=O) groups is 1. The van der Waals surface area contributed by atoms with Crippen LogP contribution in [0.4, 0.5) is 5.69 Å². The Kier molecular flexibility index (Phi) is 6.47. The molecular weight excluding hydrogens is 396 g/mol. The molecule has 1 fully saturated rings. The molecule has 0 radical (unpaired) electrons. The van der Waals surface area contributed by atoms with Crippen LogP contribution in [0.25, 0.3) is 10.9 Å². The summed E-state index contributed by atoms with van der Waals surface area (Å²) in [6, 6.07) is 10.8. The number of nitrogens with zero attached hydrogens (tertiary/aromatic N) is 3. The molecule has 1 aliphatic rings. The van der Waals surface area contributed by atoms with Gasteiger partial charge in [-0.1, -0.05) is 6.07 Å². The number of benzene rings is 2. The smallest absolute Gasteiger partial charge is 0.230 e. The van der Waals surface area contributed by atoms with Gasteiger partial charge in [-0.25, -0.2) is 9.97 Å². The van der Waals surface area contributed by atoms with Crippen molar-refractivity contribution in [2.24, 2.45) is 5.92 Å². The van der Waals surface area contributed by atoms with Crippen LogP contribution in [0.1, 0.15) is 12.8 Å². The van der Waals surface area contributed by atoms with Gasteiger partial charge in [-0.05, 0) is 57.1 Å². The van der Waals surface area contributed by atoms with Gasteiger partial charge in [-0.2, -0.15) is 0 Å². The maximum Gasteiger partial charge on any atom is 0.230 e. The summed E-state index contributed by atoms with van der Waals surface area (Å²) in [7, 11) is 3.76. The Morgan fingerprint density at radius 1 is 1.16 bits per heavy atom. The van der Waals surface area contributed by atoms with Crippen LogP contribution in [0.3, 0.4) is 0 Å². The molecule has 0 saturated carbocycles. The van der Waals surface area contributed by atoms with Crippen LogP contribution in [0.5, 0.6) is 23.1 Å². The Morgan fingerprint density at radius 2 is 2.00 bits per heavy atom. The van der Waals surface area contributed by atoms with Crippen molar-refractivity contribution >= 4 is 23.0 Å². The highest BCUT2D eigenvalue weighted by Crippen LogP contribution is 2.36. The lowest BCUT2D eigenvalue weighted by Gasteiger charge is -2.28. The highest BCUT2D eigenvalue weighted by molar-refractivity contribution is 5.87. The van der Waals surface area contributed by atoms with Crippen LogP contribution in [0.2, 0.25) is 0 Å². The first-order valence-corrected chi connectivity index (χ1v) is 10.3. The Balaban J connectivity index is 1.56. The van der Waals surface area contributed by atoms with Crippen LogP contribution < -0.4 is 19.5 Å². The number of amides is 1. The van der Waals surface area contributed by atoms with Crippen LogP contribution in [0.15, 0.2) is 42.7 Å². The number of methoxy groups -OCH3 is 1. The van der Waals surface area contributed by atoms with E-state index >= 15 is 0 Å². The summed E-state index contributed by atoms with van der Waals surface area (Å²) in [5, 5.41) is 3.32. The largest absolute Gasteiger partial charge is 0.493 e. The number of carbonyl (C=O) groups excluding carboxylic acids is 1. The van der Waals surface area contributed by atoms with Gasteiger partial charge in [0.2, 0.25) is 12.3 Å². The minimum atomic E-state index is 0.397. The van der Waals surface area contributed by atoms with Crippen molar-refractivity contribution in [2.75, 3.05) is 39.2 Å². The van der Waals surface area contributed by atoms with Crippen molar-refractivity contribution in [3.63, 3.8) is 0 Å². The zero-order chi connectivity index (χ0) is 21.6. The third-order valence-electron chi connectivity index (χ3n) is 5.47. The monoisotopic (exact) mass is 422 g/mol. The average molecular weight is 422 g/mol. The molecule has 8 heteroatoms. The maximum atomic E-state index is 10.7. The zero-order valence-electron chi connectivity index (χ0n) is 17.7. The number of rotatable bonds is 8. The van der Waals surface area contributed by atoms with E-state index in [0.717, 1.165) is 25.9 Å². The van der Waals surface area contributed by atoms with Crippen molar-refractivity contribution in [1.29, 1.82) is 0 Å². The number of aromatic nitrogens is 2. The molecule has 162 valence electrons. The topological polar surface area (TPSA) is 85.8 Å². The van der Waals surface area contributed by atoms with Crippen LogP contribution in [-0.2, 0) is 4.79 Å². The third-order valence-corrected chi connectivity index (χ3v) is 5.47. The molecule has 1 N–H and O–H groups in total. The Labute approximate surface area is 181 Å². The van der Waals surface area contributed by atoms with Crippen molar-refractivity contribution in [2.45, 2.75) is 12.8 Å². The molecule has 1 saturated heterocycles. The molecule has 0 unspecified atom stereocenters. The summed E-state index contributed by atoms with van der Waals surface area (Å²) in [6.07, 6.45) is 4.34. The Bertz CT molecular complexity index is 1050. The summed E-state index contributed by atoms with van der Waals surface area (Å²) >= 11 is 0. The first kappa shape index (κ1) is 20.9. The molecule has 1 aromatic heterocycles. The van der Waals surface area contributed by atoms with Gasteiger partial charge in [0.15, 0.2) is 11.5 Å². The molecule has 31 heavy (non-hydrogen) atoms. The Morgan fingerprint density at radius 3 is 2.77 bits per heavy atom. The van der Waals surface area contributed by atoms with E-state index < -0.39 is 0 Å². The lowest BCUT2D eigenvalue weighted by molar-refractivity contribution is -0.105. The van der Waals surface area contributed by atoms with Gasteiger partial charge in [-0.15, -0.1) is 0 Å². The molecule has 1 aliphatic heterocycles. The van der Waals surface area contributed by atoms with Crippen LogP contribution >= 0.6 is 0 Å². The second-order valence-corrected chi connectivity index (χ2v) is 7.65. The van der Waals surface area contributed by atoms with Crippen molar-refractivity contribution in [1.82, 2.24) is 14.9 Å². The second kappa shape index (κ2) is 9.61. The van der Waals surface area contributed by atoms with E-state index in [1.54, 1.807) is 31.4 Å². The minimum absolute atomic E-state index is 0.397. The predicted molar refractivity (Wildman–Crippen MR) is 118 cm³/mol. The van der Waals surface area contributed by atoms with E-state index in [2.05, 4.69) is 27.2 Å². The minimum Gasteiger partial charge on any atom is -0.493 e. The highest BCUT2D eigenvalue weighted by Gasteiger charge is 2.19. The summed E-state index contributed by atoms with van der Waals surface area (Å²) in [4.78, 5) is 21.7. The maximum absolute atomic E-state index is 10.7. The van der Waals surface area contributed by atoms with Gasteiger partial charge in [-0.3, -0.25) is 4.79 Å². The van der Waals surface area contributed by atoms with Gasteiger partial charge in [0.1, 0.15) is 12.1 Å². The first-order chi connectivity index (χ1) is 15.2. The quantitative estimate of drug-likeness (QED) is 0.554. The number of nitrogens with one attached hydrogen (secondary N) is 1. The molecule has 4 rings (SSSR count). The number of hydrogen-bond acceptors (Lipinski definition) is 7. The lowest BCUT2D eigenvalue weighted by atomic mass is 9.98. The molecule has 1 amide bonds. The summed E-state index contributed by atoms with van der Waals surface area (Å²) in [5.74, 6) is 2.75. The molecule has 0 atom stereocenters. The number of likely N-dealkylation sites (tertiary alicyclic amines) is 1. The van der Waals surface area contributed by atoms with Gasteiger partial charge in [0, 0.05) is 17.8 Å². The van der Waals surface area contributed by atoms with Crippen molar-refractivity contribution in [3.8, 4) is 23.1 Å². The predicted octanol–water partition coefficient (Wildman–Crippen LogP) is 3.72. The number of anilines is 1. The normalized spacial score (nSPS) is 14.9. The second-order valence-electron chi connectivity index (χ2n) is 7.65. The van der Waals surface area contributed by atoms with E-state index in [-0.39, 0.29) is 0 Å². The van der Waals surface area contributed by atoms with Gasteiger partial charge < -0.3 is 24.4 Å². The van der Waals surface area contributed by atoms with Gasteiger partial charge >= 0.3 is 0 Å². The number of ether oxygens (including phenoxy) is 3. The first-order valence-electron chi connectivity index (χ1n) is 10.3. The fourth-order valence-electron chi connectivity index (χ4n) is 3.66. The molecule has 3 aromatic rings. The SMILES string of the molecule is COc1cc2c(Oc3cccc(NC=O)c3)ncnc2cc1OCC1CCN(C)CC1. The summed E-state index contributed by atoms with van der Waals surface area (Å²) in [5.41, 5.74) is 1.33. The fourth-order valence-corrected chi connectivity index (χ4v) is 3.66. The molecule has 0 bridgehead atoms. The van der Waals surface area contributed by atoms with E-state index in [4.69, 9.17) is 14.2 Å². The van der Waals surface area contributed by atoms with Crippen molar-refractivity contribution in [3.05, 3.63) is 42.7 Å². The average Bonchev–Trinajstić information content (AvgIpc) is 2.79. The molecule has 0 spiro atoms. The zero-order valence-corrected chi connectivity index (χ0v) is 17.7. The molecule has 2 heterocycles. The van der Waals surface area contributed by atoms with E-state index in [1.807, 2.05) is 12.1 Å². The number of hydrogen-bond donors (Lipinski definition) is 1. The van der Waals surface area contributed by atoms with E-state index in [0.29, 0.717) is 58.7 Å². The summed E-state index contributed by atoms with van der Waals surface area (Å²) < 4.78 is 17.7. The highest BCUT2D eigenvalue weighted by atomic mass is 16.5. The van der Waals surface area contributed by atoms with E-state index in [1.165, 1.54) is 6.33 Å². The van der Waals surface area contributed by atoms with E-state index in [9.17, 15) is 4.79 Å². The van der Waals surface area contributed by atoms with Gasteiger partial charge in [0.05, 0.1) is 24.6 Å². The molecule has 8 nitrogen and oxygen atoms in total. The lowest BCUT2D eigenvalue weighted by Crippen LogP contribution is -2.32. The molecular formula is C23H26N4O4.